The van der Waals surface area contributed by atoms with Crippen molar-refractivity contribution in [2.24, 2.45) is 0 Å². The fourth-order valence-corrected chi connectivity index (χ4v) is 2.28. The van der Waals surface area contributed by atoms with Gasteiger partial charge >= 0.3 is 0 Å². The van der Waals surface area contributed by atoms with E-state index in [1.165, 1.54) is 0 Å². The van der Waals surface area contributed by atoms with Gasteiger partial charge < -0.3 is 20.8 Å². The average Bonchev–Trinajstić information content (AvgIpc) is 1.90. The van der Waals surface area contributed by atoms with Crippen molar-refractivity contribution in [1.29, 1.82) is 0 Å². The van der Waals surface area contributed by atoms with Crippen LogP contribution in [0.1, 0.15) is 0 Å². The molecule has 0 saturated carbocycles. The predicted molar refractivity (Wildman–Crippen MR) is 46.4 cm³/mol. The SMILES string of the molecule is O.OCCP(CCO)CCO. The van der Waals surface area contributed by atoms with Crippen LogP contribution in [0.25, 0.3) is 0 Å². The van der Waals surface area contributed by atoms with Crippen molar-refractivity contribution in [1.82, 2.24) is 0 Å². The molecule has 0 aromatic carbocycles. The fourth-order valence-electron chi connectivity index (χ4n) is 0.760. The molecule has 0 aromatic rings. The van der Waals surface area contributed by atoms with Gasteiger partial charge in [-0.25, -0.2) is 0 Å². The third kappa shape index (κ3) is 8.17. The molecule has 0 atom stereocenters. The molecule has 4 nitrogen and oxygen atoms in total. The zero-order valence-corrected chi connectivity index (χ0v) is 7.43. The molecule has 0 heterocycles. The Morgan fingerprint density at radius 3 is 1.18 bits per heavy atom. The first kappa shape index (κ1) is 13.8. The fraction of sp³-hybridized carbons (Fsp3) is 1.00. The van der Waals surface area contributed by atoms with Gasteiger partial charge in [0, 0.05) is 19.8 Å². The summed E-state index contributed by atoms with van der Waals surface area (Å²) in [5.41, 5.74) is 0. The molecule has 0 amide bonds. The highest BCUT2D eigenvalue weighted by atomic mass is 31.1. The Labute approximate surface area is 67.9 Å². The molecule has 0 radical (unpaired) electrons. The van der Waals surface area contributed by atoms with E-state index in [1.807, 2.05) is 0 Å². The van der Waals surface area contributed by atoms with Crippen LogP contribution in [0, 0.1) is 0 Å². The van der Waals surface area contributed by atoms with Crippen LogP contribution in [0.4, 0.5) is 0 Å². The van der Waals surface area contributed by atoms with E-state index in [2.05, 4.69) is 0 Å². The highest BCUT2D eigenvalue weighted by Gasteiger charge is 2.04. The first-order valence-corrected chi connectivity index (χ1v) is 5.29. The van der Waals surface area contributed by atoms with Gasteiger partial charge in [-0.1, -0.05) is 7.92 Å². The standard InChI is InChI=1S/C6H15O3P.H2O/c7-1-4-10(5-2-8)6-3-9;/h7-9H,1-6H2;1H2. The Bertz CT molecular complexity index is 57.3. The van der Waals surface area contributed by atoms with E-state index in [0.29, 0.717) is 0 Å². The molecule has 0 rings (SSSR count). The molecule has 0 aliphatic heterocycles. The lowest BCUT2D eigenvalue weighted by Crippen LogP contribution is -2.03. The van der Waals surface area contributed by atoms with E-state index in [1.54, 1.807) is 0 Å². The van der Waals surface area contributed by atoms with Gasteiger partial charge in [-0.15, -0.1) is 0 Å². The molecule has 0 aromatic heterocycles. The van der Waals surface area contributed by atoms with Crippen LogP contribution in [-0.2, 0) is 0 Å². The van der Waals surface area contributed by atoms with E-state index in [0.717, 1.165) is 18.5 Å². The monoisotopic (exact) mass is 184 g/mol. The van der Waals surface area contributed by atoms with Crippen LogP contribution in [0.3, 0.4) is 0 Å². The molecule has 0 fully saturated rings. The minimum Gasteiger partial charge on any atom is -0.412 e. The topological polar surface area (TPSA) is 92.2 Å². The maximum absolute atomic E-state index is 8.54. The molecule has 5 heteroatoms. The maximum atomic E-state index is 8.54. The lowest BCUT2D eigenvalue weighted by molar-refractivity contribution is 0.310. The molecule has 0 bridgehead atoms. The summed E-state index contributed by atoms with van der Waals surface area (Å²) in [5.74, 6) is 0. The quantitative estimate of drug-likeness (QED) is 0.444. The second-order valence-electron chi connectivity index (χ2n) is 2.01. The molecule has 11 heavy (non-hydrogen) atoms. The van der Waals surface area contributed by atoms with Gasteiger partial charge in [-0.3, -0.25) is 0 Å². The average molecular weight is 184 g/mol. The summed E-state index contributed by atoms with van der Waals surface area (Å²) in [5, 5.41) is 25.6. The summed E-state index contributed by atoms with van der Waals surface area (Å²) in [4.78, 5) is 0. The van der Waals surface area contributed by atoms with Gasteiger partial charge in [-0.2, -0.15) is 0 Å². The Hall–Kier alpha value is 0.270. The molecule has 0 spiro atoms. The third-order valence-electron chi connectivity index (χ3n) is 1.25. The molecular formula is C6H17O4P. The largest absolute Gasteiger partial charge is 0.412 e. The van der Waals surface area contributed by atoms with E-state index in [9.17, 15) is 0 Å². The van der Waals surface area contributed by atoms with Crippen molar-refractivity contribution in [2.75, 3.05) is 38.3 Å². The van der Waals surface area contributed by atoms with Crippen LogP contribution in [0.2, 0.25) is 0 Å². The maximum Gasteiger partial charge on any atom is 0.0470 e. The van der Waals surface area contributed by atoms with Crippen molar-refractivity contribution < 1.29 is 20.8 Å². The minimum absolute atomic E-state index is 0. The van der Waals surface area contributed by atoms with Gasteiger partial charge in [0.05, 0.1) is 0 Å². The van der Waals surface area contributed by atoms with Crippen molar-refractivity contribution >= 4 is 7.92 Å². The first-order valence-electron chi connectivity index (χ1n) is 3.40. The normalized spacial score (nSPS) is 9.82. The van der Waals surface area contributed by atoms with Crippen LogP contribution >= 0.6 is 7.92 Å². The van der Waals surface area contributed by atoms with E-state index in [4.69, 9.17) is 15.3 Å². The van der Waals surface area contributed by atoms with Crippen molar-refractivity contribution in [2.45, 2.75) is 0 Å². The zero-order valence-electron chi connectivity index (χ0n) is 6.53. The molecule has 70 valence electrons. The summed E-state index contributed by atoms with van der Waals surface area (Å²) in [6, 6.07) is 0. The zero-order chi connectivity index (χ0) is 7.82. The molecular weight excluding hydrogens is 167 g/mol. The van der Waals surface area contributed by atoms with Crippen molar-refractivity contribution in [3.05, 3.63) is 0 Å². The first-order chi connectivity index (χ1) is 4.85. The second kappa shape index (κ2) is 10.3. The molecule has 5 N–H and O–H groups in total. The van der Waals surface area contributed by atoms with Crippen molar-refractivity contribution in [3.63, 3.8) is 0 Å². The summed E-state index contributed by atoms with van der Waals surface area (Å²) >= 11 is 0. The summed E-state index contributed by atoms with van der Waals surface area (Å²) in [6.07, 6.45) is 2.24. The molecule has 0 aliphatic rings. The van der Waals surface area contributed by atoms with Crippen LogP contribution < -0.4 is 0 Å². The third-order valence-corrected chi connectivity index (χ3v) is 3.75. The lowest BCUT2D eigenvalue weighted by atomic mass is 10.8. The molecule has 0 saturated heterocycles. The van der Waals surface area contributed by atoms with Crippen LogP contribution in [-0.4, -0.2) is 59.1 Å². The van der Waals surface area contributed by atoms with Crippen molar-refractivity contribution in [3.8, 4) is 0 Å². The number of hydrogen-bond acceptors (Lipinski definition) is 3. The number of aliphatic hydroxyl groups is 3. The Morgan fingerprint density at radius 1 is 0.727 bits per heavy atom. The Morgan fingerprint density at radius 2 is 1.00 bits per heavy atom. The van der Waals surface area contributed by atoms with Gasteiger partial charge in [0.2, 0.25) is 0 Å². The highest BCUT2D eigenvalue weighted by molar-refractivity contribution is 7.57. The molecule has 0 aliphatic carbocycles. The van der Waals surface area contributed by atoms with Crippen LogP contribution in [0.15, 0.2) is 0 Å². The lowest BCUT2D eigenvalue weighted by Gasteiger charge is -2.12. The van der Waals surface area contributed by atoms with Gasteiger partial charge in [0.25, 0.3) is 0 Å². The Balaban J connectivity index is 0. The number of rotatable bonds is 6. The summed E-state index contributed by atoms with van der Waals surface area (Å²) in [7, 11) is -0.311. The van der Waals surface area contributed by atoms with E-state index in [-0.39, 0.29) is 33.2 Å². The Kier molecular flexibility index (Phi) is 12.9. The number of aliphatic hydroxyl groups excluding tert-OH is 3. The number of hydrogen-bond donors (Lipinski definition) is 3. The molecule has 0 unspecified atom stereocenters. The summed E-state index contributed by atoms with van der Waals surface area (Å²) < 4.78 is 0. The van der Waals surface area contributed by atoms with Gasteiger partial charge in [0.1, 0.15) is 0 Å². The van der Waals surface area contributed by atoms with Gasteiger partial charge in [-0.05, 0) is 18.5 Å². The van der Waals surface area contributed by atoms with E-state index >= 15 is 0 Å². The minimum atomic E-state index is -0.311. The van der Waals surface area contributed by atoms with Crippen LogP contribution in [0.5, 0.6) is 0 Å². The highest BCUT2D eigenvalue weighted by Crippen LogP contribution is 2.32. The second-order valence-corrected chi connectivity index (χ2v) is 4.70. The van der Waals surface area contributed by atoms with Gasteiger partial charge in [0.15, 0.2) is 0 Å². The predicted octanol–water partition coefficient (Wildman–Crippen LogP) is -1.38. The van der Waals surface area contributed by atoms with E-state index < -0.39 is 0 Å². The summed E-state index contributed by atoms with van der Waals surface area (Å²) in [6.45, 7) is 0.517. The smallest absolute Gasteiger partial charge is 0.0470 e.